The highest BCUT2D eigenvalue weighted by Crippen LogP contribution is 2.32. The number of rotatable bonds is 2. The fourth-order valence-corrected chi connectivity index (χ4v) is 4.29. The Kier molecular flexibility index (Phi) is 4.43. The lowest BCUT2D eigenvalue weighted by Crippen LogP contribution is -2.38. The van der Waals surface area contributed by atoms with E-state index < -0.39 is 17.3 Å². The Balaban J connectivity index is 2.00. The van der Waals surface area contributed by atoms with E-state index in [0.29, 0.717) is 12.2 Å². The van der Waals surface area contributed by atoms with Crippen molar-refractivity contribution in [2.45, 2.75) is 33.2 Å². The van der Waals surface area contributed by atoms with E-state index in [1.54, 1.807) is 0 Å². The first-order valence-electron chi connectivity index (χ1n) is 9.36. The van der Waals surface area contributed by atoms with E-state index in [0.717, 1.165) is 34.2 Å². The first-order chi connectivity index (χ1) is 13.4. The molecule has 0 unspecified atom stereocenters. The van der Waals surface area contributed by atoms with Gasteiger partial charge in [0.25, 0.3) is 5.56 Å². The monoisotopic (exact) mass is 377 g/mol. The lowest BCUT2D eigenvalue weighted by atomic mass is 9.90. The van der Waals surface area contributed by atoms with Gasteiger partial charge in [0.15, 0.2) is 0 Å². The van der Waals surface area contributed by atoms with Crippen molar-refractivity contribution in [3.05, 3.63) is 90.6 Å². The minimum atomic E-state index is -0.648. The molecule has 6 nitrogen and oxygen atoms in total. The van der Waals surface area contributed by atoms with Crippen LogP contribution in [-0.2, 0) is 6.42 Å². The lowest BCUT2D eigenvalue weighted by molar-refractivity contribution is 0.410. The molecule has 4 rings (SSSR count). The number of aromatic nitrogens is 2. The van der Waals surface area contributed by atoms with E-state index in [-0.39, 0.29) is 11.4 Å². The minimum Gasteiger partial charge on any atom is -0.494 e. The molecule has 6 heteroatoms. The SMILES string of the molecule is Cc1cc(C)c(-n2c(O)c([C@@H]3NCCc4ccccc43)c(=O)[nH]c2=O)c(C)c1. The summed E-state index contributed by atoms with van der Waals surface area (Å²) in [5, 5.41) is 14.4. The van der Waals surface area contributed by atoms with E-state index in [4.69, 9.17) is 0 Å². The van der Waals surface area contributed by atoms with Gasteiger partial charge < -0.3 is 10.4 Å². The van der Waals surface area contributed by atoms with Crippen LogP contribution in [0.3, 0.4) is 0 Å². The zero-order chi connectivity index (χ0) is 20.0. The predicted molar refractivity (Wildman–Crippen MR) is 109 cm³/mol. The summed E-state index contributed by atoms with van der Waals surface area (Å²) in [5.41, 5.74) is 4.37. The second-order valence-electron chi connectivity index (χ2n) is 7.42. The van der Waals surface area contributed by atoms with Crippen molar-refractivity contribution < 1.29 is 5.11 Å². The fourth-order valence-electron chi connectivity index (χ4n) is 4.29. The Bertz CT molecular complexity index is 1170. The number of hydrogen-bond acceptors (Lipinski definition) is 4. The van der Waals surface area contributed by atoms with Crippen molar-refractivity contribution in [2.24, 2.45) is 0 Å². The molecule has 0 spiro atoms. The summed E-state index contributed by atoms with van der Waals surface area (Å²) >= 11 is 0. The molecule has 0 saturated carbocycles. The smallest absolute Gasteiger partial charge is 0.335 e. The van der Waals surface area contributed by atoms with Gasteiger partial charge in [0.2, 0.25) is 5.88 Å². The highest BCUT2D eigenvalue weighted by atomic mass is 16.3. The average Bonchev–Trinajstić information content (AvgIpc) is 2.63. The van der Waals surface area contributed by atoms with Gasteiger partial charge in [-0.25, -0.2) is 9.36 Å². The van der Waals surface area contributed by atoms with Crippen molar-refractivity contribution >= 4 is 0 Å². The Hall–Kier alpha value is -3.12. The van der Waals surface area contributed by atoms with Gasteiger partial charge in [-0.05, 0) is 49.4 Å². The molecule has 1 aliphatic heterocycles. The highest BCUT2D eigenvalue weighted by Gasteiger charge is 2.29. The molecule has 1 atom stereocenters. The second kappa shape index (κ2) is 6.80. The molecule has 3 N–H and O–H groups in total. The van der Waals surface area contributed by atoms with Gasteiger partial charge in [-0.3, -0.25) is 9.78 Å². The third kappa shape index (κ3) is 2.86. The number of benzene rings is 2. The Morgan fingerprint density at radius 2 is 1.75 bits per heavy atom. The van der Waals surface area contributed by atoms with Gasteiger partial charge in [0.05, 0.1) is 17.3 Å². The molecular formula is C22H23N3O3. The molecule has 2 heterocycles. The summed E-state index contributed by atoms with van der Waals surface area (Å²) in [6.07, 6.45) is 0.848. The molecular weight excluding hydrogens is 354 g/mol. The number of aryl methyl sites for hydroxylation is 3. The first-order valence-corrected chi connectivity index (χ1v) is 9.36. The van der Waals surface area contributed by atoms with Crippen LogP contribution in [-0.4, -0.2) is 21.2 Å². The van der Waals surface area contributed by atoms with Crippen molar-refractivity contribution in [1.29, 1.82) is 0 Å². The molecule has 0 fully saturated rings. The van der Waals surface area contributed by atoms with E-state index in [2.05, 4.69) is 10.3 Å². The van der Waals surface area contributed by atoms with Crippen molar-refractivity contribution in [3.8, 4) is 11.6 Å². The number of nitrogens with one attached hydrogen (secondary N) is 2. The molecule has 1 aromatic heterocycles. The van der Waals surface area contributed by atoms with Gasteiger partial charge >= 0.3 is 5.69 Å². The molecule has 28 heavy (non-hydrogen) atoms. The topological polar surface area (TPSA) is 87.1 Å². The summed E-state index contributed by atoms with van der Waals surface area (Å²) in [5.74, 6) is -0.321. The van der Waals surface area contributed by atoms with Crippen LogP contribution in [0.1, 0.15) is 39.4 Å². The Morgan fingerprint density at radius 3 is 2.46 bits per heavy atom. The Labute approximate surface area is 162 Å². The predicted octanol–water partition coefficient (Wildman–Crippen LogP) is 2.39. The highest BCUT2D eigenvalue weighted by molar-refractivity contribution is 5.53. The van der Waals surface area contributed by atoms with E-state index in [1.807, 2.05) is 57.2 Å². The fraction of sp³-hybridized carbons (Fsp3) is 0.273. The first kappa shape index (κ1) is 18.3. The van der Waals surface area contributed by atoms with E-state index in [1.165, 1.54) is 4.57 Å². The number of fused-ring (bicyclic) bond motifs is 1. The molecule has 0 aliphatic carbocycles. The summed E-state index contributed by atoms with van der Waals surface area (Å²) in [4.78, 5) is 27.8. The van der Waals surface area contributed by atoms with Gasteiger partial charge in [0, 0.05) is 6.54 Å². The normalized spacial score (nSPS) is 16.0. The van der Waals surface area contributed by atoms with Crippen LogP contribution in [0.15, 0.2) is 46.0 Å². The van der Waals surface area contributed by atoms with Crippen LogP contribution in [0.4, 0.5) is 0 Å². The summed E-state index contributed by atoms with van der Waals surface area (Å²) < 4.78 is 1.21. The number of aromatic amines is 1. The number of H-pyrrole nitrogens is 1. The van der Waals surface area contributed by atoms with Crippen LogP contribution < -0.4 is 16.6 Å². The quantitative estimate of drug-likeness (QED) is 0.640. The van der Waals surface area contributed by atoms with Crippen LogP contribution in [0.2, 0.25) is 0 Å². The summed E-state index contributed by atoms with van der Waals surface area (Å²) in [6, 6.07) is 11.3. The standard InChI is InChI=1S/C22H23N3O3/c1-12-10-13(2)19(14(3)11-12)25-21(27)17(20(26)24-22(25)28)18-16-7-5-4-6-15(16)8-9-23-18/h4-7,10-11,18,23,27H,8-9H2,1-3H3,(H,24,26,28)/t18-/m1/s1. The molecule has 0 radical (unpaired) electrons. The average molecular weight is 377 g/mol. The van der Waals surface area contributed by atoms with E-state index >= 15 is 0 Å². The van der Waals surface area contributed by atoms with E-state index in [9.17, 15) is 14.7 Å². The molecule has 144 valence electrons. The number of nitrogens with zero attached hydrogens (tertiary/aromatic N) is 1. The summed E-state index contributed by atoms with van der Waals surface area (Å²) in [7, 11) is 0. The maximum Gasteiger partial charge on any atom is 0.335 e. The number of aromatic hydroxyl groups is 1. The molecule has 0 saturated heterocycles. The summed E-state index contributed by atoms with van der Waals surface area (Å²) in [6.45, 7) is 6.44. The van der Waals surface area contributed by atoms with Gasteiger partial charge in [0.1, 0.15) is 0 Å². The molecule has 2 aromatic carbocycles. The second-order valence-corrected chi connectivity index (χ2v) is 7.42. The minimum absolute atomic E-state index is 0.158. The number of hydrogen-bond donors (Lipinski definition) is 3. The third-order valence-electron chi connectivity index (χ3n) is 5.38. The maximum atomic E-state index is 12.7. The molecule has 0 bridgehead atoms. The van der Waals surface area contributed by atoms with Crippen molar-refractivity contribution in [1.82, 2.24) is 14.9 Å². The molecule has 1 aliphatic rings. The van der Waals surface area contributed by atoms with Crippen LogP contribution >= 0.6 is 0 Å². The van der Waals surface area contributed by atoms with Gasteiger partial charge in [-0.15, -0.1) is 0 Å². The molecule has 3 aromatic rings. The van der Waals surface area contributed by atoms with Crippen LogP contribution in [0.5, 0.6) is 5.88 Å². The Morgan fingerprint density at radius 1 is 1.07 bits per heavy atom. The lowest BCUT2D eigenvalue weighted by Gasteiger charge is -2.28. The van der Waals surface area contributed by atoms with Crippen LogP contribution in [0.25, 0.3) is 5.69 Å². The van der Waals surface area contributed by atoms with Crippen molar-refractivity contribution in [3.63, 3.8) is 0 Å². The van der Waals surface area contributed by atoms with Gasteiger partial charge in [-0.1, -0.05) is 42.0 Å². The molecule has 0 amide bonds. The zero-order valence-electron chi connectivity index (χ0n) is 16.2. The van der Waals surface area contributed by atoms with Gasteiger partial charge in [-0.2, -0.15) is 0 Å². The van der Waals surface area contributed by atoms with Crippen molar-refractivity contribution in [2.75, 3.05) is 6.54 Å². The zero-order valence-corrected chi connectivity index (χ0v) is 16.2. The van der Waals surface area contributed by atoms with Crippen LogP contribution in [0, 0.1) is 20.8 Å². The third-order valence-corrected chi connectivity index (χ3v) is 5.38. The largest absolute Gasteiger partial charge is 0.494 e. The maximum absolute atomic E-state index is 12.7.